The SMILES string of the molecule is CCOC(=O)NC(=O)c1ccsc1NC(=O)C1CCCN1S(=O)(=O)c1ccc(Cl)cc1. The second-order valence-corrected chi connectivity index (χ2v) is 9.80. The van der Waals surface area contributed by atoms with Crippen molar-refractivity contribution in [3.8, 4) is 0 Å². The molecule has 3 amide bonds. The molecule has 2 aromatic rings. The highest BCUT2D eigenvalue weighted by atomic mass is 35.5. The molecule has 1 fully saturated rings. The van der Waals surface area contributed by atoms with Crippen LogP contribution in [0.4, 0.5) is 9.80 Å². The van der Waals surface area contributed by atoms with E-state index in [4.69, 9.17) is 11.6 Å². The fourth-order valence-electron chi connectivity index (χ4n) is 3.14. The Balaban J connectivity index is 1.75. The highest BCUT2D eigenvalue weighted by molar-refractivity contribution is 7.89. The zero-order chi connectivity index (χ0) is 22.6. The number of carbonyl (C=O) groups is 3. The number of nitrogens with zero attached hydrogens (tertiary/aromatic N) is 1. The van der Waals surface area contributed by atoms with Crippen molar-refractivity contribution in [2.45, 2.75) is 30.7 Å². The number of alkyl carbamates (subject to hydrolysis) is 1. The van der Waals surface area contributed by atoms with Crippen molar-refractivity contribution < 1.29 is 27.5 Å². The largest absolute Gasteiger partial charge is 0.450 e. The summed E-state index contributed by atoms with van der Waals surface area (Å²) in [6, 6.07) is 6.25. The average molecular weight is 486 g/mol. The number of benzene rings is 1. The number of anilines is 1. The van der Waals surface area contributed by atoms with Gasteiger partial charge in [-0.3, -0.25) is 14.9 Å². The van der Waals surface area contributed by atoms with Crippen molar-refractivity contribution >= 4 is 55.9 Å². The van der Waals surface area contributed by atoms with Gasteiger partial charge in [0.15, 0.2) is 0 Å². The van der Waals surface area contributed by atoms with E-state index in [1.807, 2.05) is 0 Å². The number of halogens is 1. The minimum absolute atomic E-state index is 0.0437. The molecule has 1 aromatic carbocycles. The summed E-state index contributed by atoms with van der Waals surface area (Å²) in [7, 11) is -3.90. The highest BCUT2D eigenvalue weighted by Gasteiger charge is 2.39. The maximum Gasteiger partial charge on any atom is 0.414 e. The van der Waals surface area contributed by atoms with Crippen molar-refractivity contribution in [2.24, 2.45) is 0 Å². The monoisotopic (exact) mass is 485 g/mol. The van der Waals surface area contributed by atoms with Crippen LogP contribution in [0.3, 0.4) is 0 Å². The molecule has 1 saturated heterocycles. The summed E-state index contributed by atoms with van der Waals surface area (Å²) in [6.45, 7) is 1.90. The van der Waals surface area contributed by atoms with Crippen molar-refractivity contribution in [2.75, 3.05) is 18.5 Å². The number of rotatable bonds is 6. The van der Waals surface area contributed by atoms with Crippen molar-refractivity contribution in [3.05, 3.63) is 46.3 Å². The standard InChI is InChI=1S/C19H20ClN3O6S2/c1-2-29-19(26)22-16(24)14-9-11-30-18(14)21-17(25)15-4-3-10-23(15)31(27,28)13-7-5-12(20)6-8-13/h5-9,11,15H,2-4,10H2,1H3,(H,21,25)(H,22,24,26). The normalized spacial score (nSPS) is 16.6. The van der Waals surface area contributed by atoms with E-state index in [1.54, 1.807) is 12.3 Å². The van der Waals surface area contributed by atoms with Gasteiger partial charge in [0, 0.05) is 11.6 Å². The van der Waals surface area contributed by atoms with Crippen LogP contribution in [0.5, 0.6) is 0 Å². The molecule has 3 rings (SSSR count). The van der Waals surface area contributed by atoms with Gasteiger partial charge in [0.2, 0.25) is 15.9 Å². The maximum atomic E-state index is 13.0. The number of sulfonamides is 1. The van der Waals surface area contributed by atoms with E-state index in [0.29, 0.717) is 17.9 Å². The van der Waals surface area contributed by atoms with Gasteiger partial charge in [-0.15, -0.1) is 11.3 Å². The third kappa shape index (κ3) is 5.24. The molecule has 0 bridgehead atoms. The minimum atomic E-state index is -3.90. The molecule has 2 heterocycles. The number of imide groups is 1. The molecule has 1 atom stereocenters. The number of carbonyl (C=O) groups excluding carboxylic acids is 3. The summed E-state index contributed by atoms with van der Waals surface area (Å²) < 4.78 is 31.8. The van der Waals surface area contributed by atoms with Crippen molar-refractivity contribution in [1.82, 2.24) is 9.62 Å². The Morgan fingerprint density at radius 3 is 2.61 bits per heavy atom. The fraction of sp³-hybridized carbons (Fsp3) is 0.316. The third-order valence-corrected chi connectivity index (χ3v) is 7.57. The van der Waals surface area contributed by atoms with Gasteiger partial charge >= 0.3 is 6.09 Å². The Morgan fingerprint density at radius 1 is 1.23 bits per heavy atom. The van der Waals surface area contributed by atoms with E-state index in [1.165, 1.54) is 30.3 Å². The summed E-state index contributed by atoms with van der Waals surface area (Å²) in [5.74, 6) is -1.28. The molecule has 2 N–H and O–H groups in total. The molecule has 0 spiro atoms. The molecule has 31 heavy (non-hydrogen) atoms. The van der Waals surface area contributed by atoms with Gasteiger partial charge in [-0.1, -0.05) is 11.6 Å². The summed E-state index contributed by atoms with van der Waals surface area (Å²) in [4.78, 5) is 36.7. The summed E-state index contributed by atoms with van der Waals surface area (Å²) in [6.07, 6.45) is -0.0352. The quantitative estimate of drug-likeness (QED) is 0.648. The topological polar surface area (TPSA) is 122 Å². The Hall–Kier alpha value is -2.47. The molecule has 1 aliphatic heterocycles. The first-order valence-corrected chi connectivity index (χ1v) is 12.1. The molecular weight excluding hydrogens is 466 g/mol. The second-order valence-electron chi connectivity index (χ2n) is 6.55. The number of hydrogen-bond donors (Lipinski definition) is 2. The summed E-state index contributed by atoms with van der Waals surface area (Å²) >= 11 is 6.92. The van der Waals surface area contributed by atoms with E-state index in [-0.39, 0.29) is 28.6 Å². The lowest BCUT2D eigenvalue weighted by molar-refractivity contribution is -0.119. The number of ether oxygens (including phenoxy) is 1. The molecule has 166 valence electrons. The van der Waals surface area contributed by atoms with E-state index in [9.17, 15) is 22.8 Å². The number of hydrogen-bond acceptors (Lipinski definition) is 7. The van der Waals surface area contributed by atoms with Crippen LogP contribution in [-0.4, -0.2) is 49.8 Å². The first-order chi connectivity index (χ1) is 14.7. The number of thiophene rings is 1. The summed E-state index contributed by atoms with van der Waals surface area (Å²) in [5, 5.41) is 6.87. The smallest absolute Gasteiger partial charge is 0.414 e. The number of amides is 3. The third-order valence-electron chi connectivity index (χ3n) is 4.56. The highest BCUT2D eigenvalue weighted by Crippen LogP contribution is 2.29. The second kappa shape index (κ2) is 9.77. The van der Waals surface area contributed by atoms with Crippen molar-refractivity contribution in [3.63, 3.8) is 0 Å². The van der Waals surface area contributed by atoms with E-state index in [2.05, 4.69) is 15.4 Å². The van der Waals surface area contributed by atoms with Crippen LogP contribution in [0.25, 0.3) is 0 Å². The molecule has 12 heteroatoms. The molecule has 0 radical (unpaired) electrons. The van der Waals surface area contributed by atoms with Crippen LogP contribution in [0.1, 0.15) is 30.1 Å². The van der Waals surface area contributed by atoms with Crippen molar-refractivity contribution in [1.29, 1.82) is 0 Å². The Bertz CT molecular complexity index is 1080. The van der Waals surface area contributed by atoms with Crippen LogP contribution >= 0.6 is 22.9 Å². The predicted octanol–water partition coefficient (Wildman–Crippen LogP) is 3.08. The van der Waals surface area contributed by atoms with Gasteiger partial charge < -0.3 is 10.1 Å². The van der Waals surface area contributed by atoms with Crippen LogP contribution in [-0.2, 0) is 19.6 Å². The predicted molar refractivity (Wildman–Crippen MR) is 116 cm³/mol. The van der Waals surface area contributed by atoms with Crippen LogP contribution in [0, 0.1) is 0 Å². The van der Waals surface area contributed by atoms with Gasteiger partial charge in [-0.25, -0.2) is 13.2 Å². The first-order valence-electron chi connectivity index (χ1n) is 9.38. The molecule has 1 aliphatic rings. The van der Waals surface area contributed by atoms with Gasteiger partial charge in [-0.05, 0) is 55.5 Å². The van der Waals surface area contributed by atoms with Crippen LogP contribution in [0.2, 0.25) is 5.02 Å². The average Bonchev–Trinajstić information content (AvgIpc) is 3.38. The fourth-order valence-corrected chi connectivity index (χ4v) is 5.71. The lowest BCUT2D eigenvalue weighted by atomic mass is 10.2. The summed E-state index contributed by atoms with van der Waals surface area (Å²) in [5.41, 5.74) is 0.0801. The molecule has 0 saturated carbocycles. The number of nitrogens with one attached hydrogen (secondary N) is 2. The molecule has 1 aromatic heterocycles. The first kappa shape index (κ1) is 23.2. The lowest BCUT2D eigenvalue weighted by Gasteiger charge is -2.23. The lowest BCUT2D eigenvalue weighted by Crippen LogP contribution is -2.43. The molecule has 1 unspecified atom stereocenters. The zero-order valence-corrected chi connectivity index (χ0v) is 18.8. The van der Waals surface area contributed by atoms with Crippen LogP contribution < -0.4 is 10.6 Å². The van der Waals surface area contributed by atoms with Gasteiger partial charge in [0.25, 0.3) is 5.91 Å². The molecule has 0 aliphatic carbocycles. The van der Waals surface area contributed by atoms with Gasteiger partial charge in [0.05, 0.1) is 17.1 Å². The Labute approximate surface area is 188 Å². The van der Waals surface area contributed by atoms with E-state index >= 15 is 0 Å². The molecule has 9 nitrogen and oxygen atoms in total. The molecular formula is C19H20ClN3O6S2. The van der Waals surface area contributed by atoms with Gasteiger partial charge in [0.1, 0.15) is 11.0 Å². The Kier molecular flexibility index (Phi) is 7.31. The zero-order valence-electron chi connectivity index (χ0n) is 16.5. The maximum absolute atomic E-state index is 13.0. The van der Waals surface area contributed by atoms with E-state index < -0.39 is 34.0 Å². The van der Waals surface area contributed by atoms with Gasteiger partial charge in [-0.2, -0.15) is 4.31 Å². The van der Waals surface area contributed by atoms with E-state index in [0.717, 1.165) is 15.6 Å². The van der Waals surface area contributed by atoms with Crippen LogP contribution in [0.15, 0.2) is 40.6 Å². The Morgan fingerprint density at radius 2 is 1.94 bits per heavy atom. The minimum Gasteiger partial charge on any atom is -0.450 e.